The van der Waals surface area contributed by atoms with Crippen molar-refractivity contribution in [2.75, 3.05) is 0 Å². The summed E-state index contributed by atoms with van der Waals surface area (Å²) in [5.41, 5.74) is -0.437. The third-order valence-electron chi connectivity index (χ3n) is 4.65. The van der Waals surface area contributed by atoms with Crippen LogP contribution in [0.3, 0.4) is 0 Å². The van der Waals surface area contributed by atoms with Crippen molar-refractivity contribution in [2.45, 2.75) is 71.9 Å². The molecule has 1 aliphatic rings. The Hall–Kier alpha value is -0.830. The minimum Gasteiger partial charge on any atom is -0.389 e. The number of aliphatic hydroxyl groups is 1. The zero-order chi connectivity index (χ0) is 14.1. The number of aryl methyl sites for hydroxylation is 1. The minimum absolute atomic E-state index is 0.152. The molecule has 19 heavy (non-hydrogen) atoms. The number of rotatable bonds is 3. The molecule has 1 N–H and O–H groups in total. The molecule has 1 aliphatic carbocycles. The van der Waals surface area contributed by atoms with Crippen molar-refractivity contribution in [2.24, 2.45) is 11.3 Å². The minimum atomic E-state index is -0.589. The molecular formula is C16H28N2O. The van der Waals surface area contributed by atoms with Crippen molar-refractivity contribution < 1.29 is 5.11 Å². The molecule has 108 valence electrons. The molecule has 1 fully saturated rings. The average molecular weight is 264 g/mol. The lowest BCUT2D eigenvalue weighted by Crippen LogP contribution is -2.48. The quantitative estimate of drug-likeness (QED) is 0.908. The van der Waals surface area contributed by atoms with Gasteiger partial charge in [-0.1, -0.05) is 33.6 Å². The first-order valence-electron chi connectivity index (χ1n) is 7.59. The van der Waals surface area contributed by atoms with Gasteiger partial charge >= 0.3 is 0 Å². The topological polar surface area (TPSA) is 38.0 Å². The Morgan fingerprint density at radius 2 is 2.16 bits per heavy atom. The summed E-state index contributed by atoms with van der Waals surface area (Å²) in [4.78, 5) is 4.45. The molecule has 1 aromatic rings. The van der Waals surface area contributed by atoms with Crippen LogP contribution in [0.15, 0.2) is 12.4 Å². The molecule has 1 aromatic heterocycles. The Bertz CT molecular complexity index is 419. The van der Waals surface area contributed by atoms with E-state index >= 15 is 0 Å². The fourth-order valence-corrected chi connectivity index (χ4v) is 3.74. The van der Waals surface area contributed by atoms with Crippen LogP contribution in [0.1, 0.15) is 59.2 Å². The van der Waals surface area contributed by atoms with E-state index in [1.165, 1.54) is 6.42 Å². The number of aromatic nitrogens is 2. The van der Waals surface area contributed by atoms with Crippen LogP contribution in [0, 0.1) is 11.3 Å². The normalized spacial score (nSPS) is 28.6. The van der Waals surface area contributed by atoms with Gasteiger partial charge in [0.15, 0.2) is 0 Å². The Balaban J connectivity index is 2.23. The highest BCUT2D eigenvalue weighted by Gasteiger charge is 2.45. The second-order valence-electron chi connectivity index (χ2n) is 7.07. The molecule has 2 rings (SSSR count). The van der Waals surface area contributed by atoms with Crippen molar-refractivity contribution in [3.05, 3.63) is 18.2 Å². The van der Waals surface area contributed by atoms with E-state index in [1.807, 2.05) is 12.4 Å². The van der Waals surface area contributed by atoms with Crippen LogP contribution < -0.4 is 0 Å². The van der Waals surface area contributed by atoms with Crippen molar-refractivity contribution in [1.29, 1.82) is 0 Å². The van der Waals surface area contributed by atoms with Crippen molar-refractivity contribution in [3.8, 4) is 0 Å². The van der Waals surface area contributed by atoms with E-state index in [9.17, 15) is 5.11 Å². The molecule has 0 bridgehead atoms. The van der Waals surface area contributed by atoms with E-state index in [-0.39, 0.29) is 5.41 Å². The largest absolute Gasteiger partial charge is 0.389 e. The second kappa shape index (κ2) is 5.28. The van der Waals surface area contributed by atoms with E-state index < -0.39 is 5.60 Å². The summed E-state index contributed by atoms with van der Waals surface area (Å²) in [7, 11) is 0. The molecule has 2 atom stereocenters. The van der Waals surface area contributed by atoms with E-state index in [2.05, 4.69) is 37.2 Å². The number of hydrogen-bond acceptors (Lipinski definition) is 2. The first-order valence-corrected chi connectivity index (χ1v) is 7.59. The van der Waals surface area contributed by atoms with Crippen LogP contribution in [-0.4, -0.2) is 20.3 Å². The molecule has 0 saturated heterocycles. The Kier molecular flexibility index (Phi) is 4.05. The van der Waals surface area contributed by atoms with Gasteiger partial charge in [0, 0.05) is 25.4 Å². The molecule has 0 radical (unpaired) electrons. The second-order valence-corrected chi connectivity index (χ2v) is 7.07. The number of hydrogen-bond donors (Lipinski definition) is 1. The van der Waals surface area contributed by atoms with Crippen molar-refractivity contribution in [1.82, 2.24) is 9.55 Å². The van der Waals surface area contributed by atoms with Gasteiger partial charge < -0.3 is 9.67 Å². The smallest absolute Gasteiger partial charge is 0.111 e. The number of imidazole rings is 1. The van der Waals surface area contributed by atoms with Crippen LogP contribution in [0.5, 0.6) is 0 Å². The van der Waals surface area contributed by atoms with Crippen LogP contribution in [0.25, 0.3) is 0 Å². The van der Waals surface area contributed by atoms with Gasteiger partial charge in [0.2, 0.25) is 0 Å². The van der Waals surface area contributed by atoms with Crippen LogP contribution in [0.4, 0.5) is 0 Å². The van der Waals surface area contributed by atoms with Gasteiger partial charge in [-0.2, -0.15) is 0 Å². The van der Waals surface area contributed by atoms with Crippen molar-refractivity contribution in [3.63, 3.8) is 0 Å². The summed E-state index contributed by atoms with van der Waals surface area (Å²) in [5.74, 6) is 1.39. The van der Waals surface area contributed by atoms with Crippen molar-refractivity contribution >= 4 is 0 Å². The van der Waals surface area contributed by atoms with Gasteiger partial charge in [-0.15, -0.1) is 0 Å². The Morgan fingerprint density at radius 3 is 2.79 bits per heavy atom. The predicted octanol–water partition coefficient (Wildman–Crippen LogP) is 3.41. The predicted molar refractivity (Wildman–Crippen MR) is 78.0 cm³/mol. The van der Waals surface area contributed by atoms with E-state index in [1.54, 1.807) is 0 Å². The third-order valence-corrected chi connectivity index (χ3v) is 4.65. The molecule has 0 aliphatic heterocycles. The highest BCUT2D eigenvalue weighted by Crippen LogP contribution is 2.45. The average Bonchev–Trinajstić information content (AvgIpc) is 2.74. The monoisotopic (exact) mass is 264 g/mol. The van der Waals surface area contributed by atoms with E-state index in [4.69, 9.17) is 0 Å². The SMILES string of the molecule is CCn1ccnc1CC1(O)CCCCC1C(C)(C)C. The Morgan fingerprint density at radius 1 is 1.42 bits per heavy atom. The van der Waals surface area contributed by atoms with Crippen LogP contribution in [0.2, 0.25) is 0 Å². The maximum atomic E-state index is 11.2. The third kappa shape index (κ3) is 3.02. The lowest BCUT2D eigenvalue weighted by Gasteiger charge is -2.46. The first kappa shape index (κ1) is 14.6. The summed E-state index contributed by atoms with van der Waals surface area (Å²) < 4.78 is 2.15. The number of nitrogens with zero attached hydrogens (tertiary/aromatic N) is 2. The lowest BCUT2D eigenvalue weighted by molar-refractivity contribution is -0.0904. The lowest BCUT2D eigenvalue weighted by atomic mass is 9.62. The molecule has 3 nitrogen and oxygen atoms in total. The maximum Gasteiger partial charge on any atom is 0.111 e. The van der Waals surface area contributed by atoms with Crippen LogP contribution in [-0.2, 0) is 13.0 Å². The molecule has 2 unspecified atom stereocenters. The van der Waals surface area contributed by atoms with Gasteiger partial charge in [0.1, 0.15) is 5.82 Å². The molecule has 0 amide bonds. The van der Waals surface area contributed by atoms with Gasteiger partial charge in [-0.25, -0.2) is 4.98 Å². The maximum absolute atomic E-state index is 11.2. The molecule has 1 saturated carbocycles. The van der Waals surface area contributed by atoms with Gasteiger partial charge in [-0.3, -0.25) is 0 Å². The first-order chi connectivity index (χ1) is 8.87. The summed E-state index contributed by atoms with van der Waals surface area (Å²) >= 11 is 0. The molecule has 3 heteroatoms. The fourth-order valence-electron chi connectivity index (χ4n) is 3.74. The molecule has 0 spiro atoms. The highest BCUT2D eigenvalue weighted by atomic mass is 16.3. The zero-order valence-corrected chi connectivity index (χ0v) is 12.8. The van der Waals surface area contributed by atoms with E-state index in [0.29, 0.717) is 12.3 Å². The Labute approximate surface area is 117 Å². The van der Waals surface area contributed by atoms with Gasteiger partial charge in [-0.05, 0) is 31.1 Å². The summed E-state index contributed by atoms with van der Waals surface area (Å²) in [6.45, 7) is 9.80. The summed E-state index contributed by atoms with van der Waals surface area (Å²) in [6, 6.07) is 0. The highest BCUT2D eigenvalue weighted by molar-refractivity contribution is 5.04. The standard InChI is InChI=1S/C16H28N2O/c1-5-18-11-10-17-14(18)12-16(19)9-7-6-8-13(16)15(2,3)4/h10-11,13,19H,5-9,12H2,1-4H3. The molecule has 1 heterocycles. The van der Waals surface area contributed by atoms with Crippen LogP contribution >= 0.6 is 0 Å². The molecule has 0 aromatic carbocycles. The van der Waals surface area contributed by atoms with Gasteiger partial charge in [0.05, 0.1) is 5.60 Å². The zero-order valence-electron chi connectivity index (χ0n) is 12.8. The van der Waals surface area contributed by atoms with Gasteiger partial charge in [0.25, 0.3) is 0 Å². The fraction of sp³-hybridized carbons (Fsp3) is 0.812. The van der Waals surface area contributed by atoms with E-state index in [0.717, 1.165) is 31.6 Å². The summed E-state index contributed by atoms with van der Waals surface area (Å²) in [6.07, 6.45) is 8.96. The molecular weight excluding hydrogens is 236 g/mol. The summed E-state index contributed by atoms with van der Waals surface area (Å²) in [5, 5.41) is 11.2.